The van der Waals surface area contributed by atoms with E-state index < -0.39 is 0 Å². The van der Waals surface area contributed by atoms with Crippen LogP contribution in [0.25, 0.3) is 0 Å². The number of aryl methyl sites for hydroxylation is 1. The van der Waals surface area contributed by atoms with Crippen molar-refractivity contribution < 1.29 is 0 Å². The summed E-state index contributed by atoms with van der Waals surface area (Å²) in [6.45, 7) is 2.38. The maximum absolute atomic E-state index is 6.06. The van der Waals surface area contributed by atoms with Crippen LogP contribution in [0.4, 0.5) is 0 Å². The van der Waals surface area contributed by atoms with Crippen molar-refractivity contribution in [2.45, 2.75) is 57.5 Å². The van der Waals surface area contributed by atoms with Crippen LogP contribution in [0.2, 0.25) is 5.02 Å². The second-order valence-electron chi connectivity index (χ2n) is 6.06. The van der Waals surface area contributed by atoms with Crippen LogP contribution in [0.1, 0.15) is 56.2 Å². The van der Waals surface area contributed by atoms with E-state index in [1.807, 2.05) is 6.07 Å². The molecule has 1 unspecified atom stereocenters. The summed E-state index contributed by atoms with van der Waals surface area (Å²) in [4.78, 5) is 0. The quantitative estimate of drug-likeness (QED) is 0.829. The van der Waals surface area contributed by atoms with E-state index in [1.54, 1.807) is 0 Å². The lowest BCUT2D eigenvalue weighted by atomic mass is 9.87. The van der Waals surface area contributed by atoms with Gasteiger partial charge in [-0.25, -0.2) is 0 Å². The van der Waals surface area contributed by atoms with Crippen molar-refractivity contribution >= 4 is 11.6 Å². The predicted octanol–water partition coefficient (Wildman–Crippen LogP) is 4.50. The number of hydrogen-bond donors (Lipinski definition) is 1. The van der Waals surface area contributed by atoms with E-state index in [2.05, 4.69) is 24.4 Å². The first-order valence-corrected chi connectivity index (χ1v) is 7.64. The van der Waals surface area contributed by atoms with Gasteiger partial charge in [-0.2, -0.15) is 0 Å². The lowest BCUT2D eigenvalue weighted by molar-refractivity contribution is 0.286. The Bertz CT molecular complexity index is 421. The largest absolute Gasteiger partial charge is 0.307 e. The summed E-state index contributed by atoms with van der Waals surface area (Å²) in [6, 6.07) is 7.68. The van der Waals surface area contributed by atoms with E-state index in [1.165, 1.54) is 49.7 Å². The summed E-state index contributed by atoms with van der Waals surface area (Å²) in [6.07, 6.45) is 7.88. The van der Waals surface area contributed by atoms with Crippen molar-refractivity contribution in [3.05, 3.63) is 34.3 Å². The molecule has 2 aliphatic carbocycles. The molecule has 98 valence electrons. The number of hydrogen-bond acceptors (Lipinski definition) is 1. The van der Waals surface area contributed by atoms with E-state index in [0.717, 1.165) is 17.0 Å². The molecule has 0 bridgehead atoms. The Hall–Kier alpha value is -0.530. The Balaban J connectivity index is 1.66. The average molecular weight is 264 g/mol. The van der Waals surface area contributed by atoms with Gasteiger partial charge in [-0.05, 0) is 67.7 Å². The predicted molar refractivity (Wildman–Crippen MR) is 77.1 cm³/mol. The monoisotopic (exact) mass is 263 g/mol. The van der Waals surface area contributed by atoms with Crippen LogP contribution in [-0.2, 0) is 6.42 Å². The maximum Gasteiger partial charge on any atom is 0.0408 e. The van der Waals surface area contributed by atoms with Crippen molar-refractivity contribution in [3.63, 3.8) is 0 Å². The first kappa shape index (κ1) is 12.5. The number of halogens is 1. The molecule has 1 aromatic rings. The molecule has 0 spiro atoms. The smallest absolute Gasteiger partial charge is 0.0408 e. The van der Waals surface area contributed by atoms with E-state index in [0.29, 0.717) is 6.04 Å². The molecule has 0 aromatic heterocycles. The van der Waals surface area contributed by atoms with Crippen LogP contribution in [0.3, 0.4) is 0 Å². The van der Waals surface area contributed by atoms with Crippen LogP contribution in [0.15, 0.2) is 18.2 Å². The molecule has 1 N–H and O–H groups in total. The van der Waals surface area contributed by atoms with Crippen molar-refractivity contribution in [1.82, 2.24) is 5.32 Å². The molecule has 2 heteroatoms. The Morgan fingerprint density at radius 1 is 1.11 bits per heavy atom. The number of benzene rings is 1. The van der Waals surface area contributed by atoms with Gasteiger partial charge in [-0.1, -0.05) is 24.6 Å². The summed E-state index contributed by atoms with van der Waals surface area (Å²) in [5, 5.41) is 4.75. The highest BCUT2D eigenvalue weighted by atomic mass is 35.5. The number of rotatable bonds is 2. The lowest BCUT2D eigenvalue weighted by Gasteiger charge is -2.30. The van der Waals surface area contributed by atoms with Gasteiger partial charge in [0.25, 0.3) is 0 Å². The Kier molecular flexibility index (Phi) is 3.63. The normalized spacial score (nSPS) is 31.3. The van der Waals surface area contributed by atoms with Gasteiger partial charge >= 0.3 is 0 Å². The lowest BCUT2D eigenvalue weighted by Crippen LogP contribution is -2.34. The molecule has 1 atom stereocenters. The van der Waals surface area contributed by atoms with Gasteiger partial charge in [-0.3, -0.25) is 0 Å². The number of fused-ring (bicyclic) bond motifs is 1. The number of nitrogens with one attached hydrogen (secondary N) is 1. The zero-order valence-electron chi connectivity index (χ0n) is 11.1. The Morgan fingerprint density at radius 3 is 2.67 bits per heavy atom. The third-order valence-corrected chi connectivity index (χ3v) is 4.87. The van der Waals surface area contributed by atoms with E-state index in [9.17, 15) is 0 Å². The third kappa shape index (κ3) is 2.57. The molecule has 18 heavy (non-hydrogen) atoms. The van der Waals surface area contributed by atoms with Gasteiger partial charge in [0.05, 0.1) is 0 Å². The van der Waals surface area contributed by atoms with Crippen LogP contribution < -0.4 is 5.32 Å². The van der Waals surface area contributed by atoms with Crippen molar-refractivity contribution in [2.75, 3.05) is 0 Å². The molecule has 0 saturated heterocycles. The zero-order valence-corrected chi connectivity index (χ0v) is 11.8. The molecule has 0 radical (unpaired) electrons. The van der Waals surface area contributed by atoms with Crippen molar-refractivity contribution in [3.8, 4) is 0 Å². The summed E-state index contributed by atoms with van der Waals surface area (Å²) < 4.78 is 0. The molecule has 2 aliphatic rings. The second kappa shape index (κ2) is 5.22. The summed E-state index contributed by atoms with van der Waals surface area (Å²) >= 11 is 6.06. The average Bonchev–Trinajstić information content (AvgIpc) is 2.74. The minimum Gasteiger partial charge on any atom is -0.307 e. The van der Waals surface area contributed by atoms with Crippen LogP contribution in [-0.4, -0.2) is 6.04 Å². The van der Waals surface area contributed by atoms with Crippen molar-refractivity contribution in [2.24, 2.45) is 5.92 Å². The molecule has 0 heterocycles. The van der Waals surface area contributed by atoms with Gasteiger partial charge < -0.3 is 5.32 Å². The van der Waals surface area contributed by atoms with Crippen molar-refractivity contribution in [1.29, 1.82) is 0 Å². The van der Waals surface area contributed by atoms with Gasteiger partial charge in [0.15, 0.2) is 0 Å². The fourth-order valence-electron chi connectivity index (χ4n) is 3.47. The van der Waals surface area contributed by atoms with Crippen LogP contribution in [0, 0.1) is 5.92 Å². The fourth-order valence-corrected chi connectivity index (χ4v) is 3.67. The highest BCUT2D eigenvalue weighted by Crippen LogP contribution is 2.34. The highest BCUT2D eigenvalue weighted by molar-refractivity contribution is 6.30. The molecule has 1 saturated carbocycles. The second-order valence-corrected chi connectivity index (χ2v) is 6.49. The molecule has 1 aromatic carbocycles. The minimum absolute atomic E-state index is 0.565. The first-order chi connectivity index (χ1) is 8.72. The Labute approximate surface area is 115 Å². The van der Waals surface area contributed by atoms with Crippen LogP contribution >= 0.6 is 11.6 Å². The van der Waals surface area contributed by atoms with Gasteiger partial charge in [0.2, 0.25) is 0 Å². The summed E-state index contributed by atoms with van der Waals surface area (Å²) in [5.41, 5.74) is 2.93. The zero-order chi connectivity index (χ0) is 12.5. The Morgan fingerprint density at radius 2 is 1.89 bits per heavy atom. The summed E-state index contributed by atoms with van der Waals surface area (Å²) in [7, 11) is 0. The van der Waals surface area contributed by atoms with Gasteiger partial charge in [0.1, 0.15) is 0 Å². The van der Waals surface area contributed by atoms with E-state index in [-0.39, 0.29) is 0 Å². The van der Waals surface area contributed by atoms with Crippen LogP contribution in [0.5, 0.6) is 0 Å². The fraction of sp³-hybridized carbons (Fsp3) is 0.625. The summed E-state index contributed by atoms with van der Waals surface area (Å²) in [5.74, 6) is 0.928. The molecule has 0 aliphatic heterocycles. The molecule has 1 fully saturated rings. The molecule has 3 rings (SSSR count). The SMILES string of the molecule is CC1CCC(NC2CCc3cc(Cl)ccc32)CC1. The molecular formula is C16H22ClN. The third-order valence-electron chi connectivity index (χ3n) is 4.64. The molecule has 0 amide bonds. The van der Waals surface area contributed by atoms with Gasteiger partial charge in [0, 0.05) is 17.1 Å². The van der Waals surface area contributed by atoms with E-state index in [4.69, 9.17) is 11.6 Å². The minimum atomic E-state index is 0.565. The first-order valence-electron chi connectivity index (χ1n) is 7.27. The van der Waals surface area contributed by atoms with Gasteiger partial charge in [-0.15, -0.1) is 0 Å². The topological polar surface area (TPSA) is 12.0 Å². The highest BCUT2D eigenvalue weighted by Gasteiger charge is 2.26. The standard InChI is InChI=1S/C16H22ClN/c1-11-2-6-14(7-3-11)18-16-9-4-12-10-13(17)5-8-15(12)16/h5,8,10-11,14,16,18H,2-4,6-7,9H2,1H3. The molecule has 1 nitrogen and oxygen atoms in total. The maximum atomic E-state index is 6.06. The van der Waals surface area contributed by atoms with E-state index >= 15 is 0 Å². The molecular weight excluding hydrogens is 242 g/mol.